The lowest BCUT2D eigenvalue weighted by Gasteiger charge is -2.34. The first-order valence-electron chi connectivity index (χ1n) is 9.05. The molecular formula is C19H26FN3O3. The molecule has 6 nitrogen and oxygen atoms in total. The SMILES string of the molecule is CCN1CCN(C(=O)CCNC(=O)CCC(=O)c2ccc(F)cc2)CC1. The average molecular weight is 363 g/mol. The first-order chi connectivity index (χ1) is 12.5. The topological polar surface area (TPSA) is 69.7 Å². The molecule has 2 amide bonds. The van der Waals surface area contributed by atoms with Crippen molar-refractivity contribution in [3.05, 3.63) is 35.6 Å². The van der Waals surface area contributed by atoms with E-state index >= 15 is 0 Å². The average Bonchev–Trinajstić information content (AvgIpc) is 2.66. The molecule has 1 aliphatic rings. The molecule has 1 heterocycles. The summed E-state index contributed by atoms with van der Waals surface area (Å²) in [5, 5.41) is 2.68. The first kappa shape index (κ1) is 20.0. The molecule has 0 spiro atoms. The van der Waals surface area contributed by atoms with Gasteiger partial charge >= 0.3 is 0 Å². The molecule has 142 valence electrons. The maximum Gasteiger partial charge on any atom is 0.224 e. The van der Waals surface area contributed by atoms with Gasteiger partial charge in [-0.25, -0.2) is 4.39 Å². The van der Waals surface area contributed by atoms with Crippen molar-refractivity contribution < 1.29 is 18.8 Å². The minimum atomic E-state index is -0.403. The summed E-state index contributed by atoms with van der Waals surface area (Å²) in [5.41, 5.74) is 0.389. The second-order valence-electron chi connectivity index (χ2n) is 6.35. The zero-order chi connectivity index (χ0) is 18.9. The number of carbonyl (C=O) groups is 3. The third kappa shape index (κ3) is 6.22. The number of amides is 2. The van der Waals surface area contributed by atoms with Crippen molar-refractivity contribution in [3.63, 3.8) is 0 Å². The fourth-order valence-corrected chi connectivity index (χ4v) is 2.88. The van der Waals surface area contributed by atoms with Gasteiger partial charge in [0.1, 0.15) is 5.82 Å². The summed E-state index contributed by atoms with van der Waals surface area (Å²) in [4.78, 5) is 40.0. The van der Waals surface area contributed by atoms with Gasteiger partial charge in [0.25, 0.3) is 0 Å². The minimum Gasteiger partial charge on any atom is -0.356 e. The highest BCUT2D eigenvalue weighted by molar-refractivity contribution is 5.97. The predicted molar refractivity (Wildman–Crippen MR) is 96.3 cm³/mol. The van der Waals surface area contributed by atoms with Crippen LogP contribution < -0.4 is 5.32 Å². The van der Waals surface area contributed by atoms with Crippen LogP contribution in [0.2, 0.25) is 0 Å². The van der Waals surface area contributed by atoms with E-state index in [9.17, 15) is 18.8 Å². The summed E-state index contributed by atoms with van der Waals surface area (Å²) in [6, 6.07) is 5.26. The van der Waals surface area contributed by atoms with Crippen LogP contribution in [0, 0.1) is 5.82 Å². The molecule has 7 heteroatoms. The van der Waals surface area contributed by atoms with Crippen LogP contribution in [0.25, 0.3) is 0 Å². The van der Waals surface area contributed by atoms with E-state index < -0.39 is 5.82 Å². The van der Waals surface area contributed by atoms with Crippen LogP contribution in [-0.4, -0.2) is 66.7 Å². The van der Waals surface area contributed by atoms with Crippen molar-refractivity contribution in [1.82, 2.24) is 15.1 Å². The van der Waals surface area contributed by atoms with Crippen LogP contribution in [0.4, 0.5) is 4.39 Å². The number of halogens is 1. The summed E-state index contributed by atoms with van der Waals surface area (Å²) in [7, 11) is 0. The summed E-state index contributed by atoms with van der Waals surface area (Å²) in [6.07, 6.45) is 0.383. The number of piperazine rings is 1. The van der Waals surface area contributed by atoms with E-state index in [1.807, 2.05) is 4.90 Å². The van der Waals surface area contributed by atoms with E-state index in [-0.39, 0.29) is 43.4 Å². The van der Waals surface area contributed by atoms with Crippen LogP contribution in [0.5, 0.6) is 0 Å². The number of Topliss-reactive ketones (excluding diaryl/α,β-unsaturated/α-hetero) is 1. The van der Waals surface area contributed by atoms with Crippen molar-refractivity contribution in [3.8, 4) is 0 Å². The lowest BCUT2D eigenvalue weighted by atomic mass is 10.1. The molecule has 1 aliphatic heterocycles. The Balaban J connectivity index is 1.62. The minimum absolute atomic E-state index is 0.0449. The molecule has 0 radical (unpaired) electrons. The normalized spacial score (nSPS) is 14.9. The Bertz CT molecular complexity index is 625. The number of nitrogens with one attached hydrogen (secondary N) is 1. The number of hydrogen-bond donors (Lipinski definition) is 1. The number of hydrogen-bond acceptors (Lipinski definition) is 4. The molecule has 26 heavy (non-hydrogen) atoms. The van der Waals surface area contributed by atoms with Gasteiger partial charge in [-0.1, -0.05) is 6.92 Å². The zero-order valence-electron chi connectivity index (χ0n) is 15.2. The Morgan fingerprint density at radius 3 is 2.27 bits per heavy atom. The monoisotopic (exact) mass is 363 g/mol. The third-order valence-electron chi connectivity index (χ3n) is 4.58. The van der Waals surface area contributed by atoms with Crippen molar-refractivity contribution in [2.45, 2.75) is 26.2 Å². The quantitative estimate of drug-likeness (QED) is 0.710. The zero-order valence-corrected chi connectivity index (χ0v) is 15.2. The van der Waals surface area contributed by atoms with E-state index in [4.69, 9.17) is 0 Å². The van der Waals surface area contributed by atoms with Gasteiger partial charge in [-0.3, -0.25) is 14.4 Å². The van der Waals surface area contributed by atoms with Gasteiger partial charge in [-0.15, -0.1) is 0 Å². The smallest absolute Gasteiger partial charge is 0.224 e. The van der Waals surface area contributed by atoms with Gasteiger partial charge in [0.15, 0.2) is 5.78 Å². The van der Waals surface area contributed by atoms with Crippen LogP contribution in [0.1, 0.15) is 36.5 Å². The Morgan fingerprint density at radius 2 is 1.65 bits per heavy atom. The Morgan fingerprint density at radius 1 is 1.00 bits per heavy atom. The highest BCUT2D eigenvalue weighted by Crippen LogP contribution is 2.07. The van der Waals surface area contributed by atoms with Crippen LogP contribution in [0.3, 0.4) is 0 Å². The largest absolute Gasteiger partial charge is 0.356 e. The van der Waals surface area contributed by atoms with E-state index in [1.54, 1.807) is 0 Å². The molecule has 0 aromatic heterocycles. The number of carbonyl (C=O) groups excluding carboxylic acids is 3. The van der Waals surface area contributed by atoms with Crippen LogP contribution >= 0.6 is 0 Å². The lowest BCUT2D eigenvalue weighted by Crippen LogP contribution is -2.49. The molecule has 1 fully saturated rings. The molecule has 0 bridgehead atoms. The number of likely N-dealkylation sites (N-methyl/N-ethyl adjacent to an activating group) is 1. The lowest BCUT2D eigenvalue weighted by molar-refractivity contribution is -0.132. The third-order valence-corrected chi connectivity index (χ3v) is 4.58. The molecule has 1 aromatic rings. The van der Waals surface area contributed by atoms with Crippen LogP contribution in [0.15, 0.2) is 24.3 Å². The highest BCUT2D eigenvalue weighted by Gasteiger charge is 2.19. The highest BCUT2D eigenvalue weighted by atomic mass is 19.1. The molecule has 0 atom stereocenters. The molecule has 0 unspecified atom stereocenters. The predicted octanol–water partition coefficient (Wildman–Crippen LogP) is 1.46. The Labute approximate surface area is 153 Å². The van der Waals surface area contributed by atoms with Gasteiger partial charge in [0, 0.05) is 57.5 Å². The molecule has 1 saturated heterocycles. The first-order valence-corrected chi connectivity index (χ1v) is 9.05. The second kappa shape index (κ2) is 10.0. The van der Waals surface area contributed by atoms with Gasteiger partial charge in [0.2, 0.25) is 11.8 Å². The fourth-order valence-electron chi connectivity index (χ4n) is 2.88. The molecule has 1 N–H and O–H groups in total. The standard InChI is InChI=1S/C19H26FN3O3/c1-2-22-11-13-23(14-12-22)19(26)9-10-21-18(25)8-7-17(24)15-3-5-16(20)6-4-15/h3-6H,2,7-14H2,1H3,(H,21,25). The number of rotatable bonds is 8. The van der Waals surface area contributed by atoms with E-state index in [2.05, 4.69) is 17.1 Å². The summed E-state index contributed by atoms with van der Waals surface area (Å²) in [5.74, 6) is -0.822. The summed E-state index contributed by atoms with van der Waals surface area (Å²) >= 11 is 0. The van der Waals surface area contributed by atoms with Gasteiger partial charge in [-0.05, 0) is 30.8 Å². The molecular weight excluding hydrogens is 337 g/mol. The number of ketones is 1. The van der Waals surface area contributed by atoms with Crippen molar-refractivity contribution in [2.75, 3.05) is 39.3 Å². The Hall–Kier alpha value is -2.28. The van der Waals surface area contributed by atoms with E-state index in [0.717, 1.165) is 32.7 Å². The van der Waals surface area contributed by atoms with E-state index in [0.29, 0.717) is 5.56 Å². The van der Waals surface area contributed by atoms with Gasteiger partial charge in [0.05, 0.1) is 0 Å². The van der Waals surface area contributed by atoms with Gasteiger partial charge in [-0.2, -0.15) is 0 Å². The second-order valence-corrected chi connectivity index (χ2v) is 6.35. The van der Waals surface area contributed by atoms with Crippen LogP contribution in [-0.2, 0) is 9.59 Å². The van der Waals surface area contributed by atoms with Gasteiger partial charge < -0.3 is 15.1 Å². The van der Waals surface area contributed by atoms with E-state index in [1.165, 1.54) is 24.3 Å². The molecule has 1 aromatic carbocycles. The van der Waals surface area contributed by atoms with Crippen molar-refractivity contribution in [1.29, 1.82) is 0 Å². The molecule has 0 aliphatic carbocycles. The fraction of sp³-hybridized carbons (Fsp3) is 0.526. The molecule has 0 saturated carbocycles. The summed E-state index contributed by atoms with van der Waals surface area (Å²) in [6.45, 7) is 6.61. The number of nitrogens with zero attached hydrogens (tertiary/aromatic N) is 2. The maximum absolute atomic E-state index is 12.8. The summed E-state index contributed by atoms with van der Waals surface area (Å²) < 4.78 is 12.8. The van der Waals surface area contributed by atoms with Crippen molar-refractivity contribution in [2.24, 2.45) is 0 Å². The van der Waals surface area contributed by atoms with Crippen molar-refractivity contribution >= 4 is 17.6 Å². The molecule has 2 rings (SSSR count). The number of benzene rings is 1. The Kier molecular flexibility index (Phi) is 7.72. The maximum atomic E-state index is 12.8.